The molecule has 0 radical (unpaired) electrons. The van der Waals surface area contributed by atoms with Crippen LogP contribution in [0.15, 0.2) is 84.9 Å². The molecule has 5 nitrogen and oxygen atoms in total. The predicted molar refractivity (Wildman–Crippen MR) is 126 cm³/mol. The minimum Gasteiger partial charge on any atom is -0.322 e. The summed E-state index contributed by atoms with van der Waals surface area (Å²) >= 11 is 5.97. The average molecular weight is 448 g/mol. The summed E-state index contributed by atoms with van der Waals surface area (Å²) in [5.74, 6) is -0.196. The lowest BCUT2D eigenvalue weighted by Gasteiger charge is -2.28. The van der Waals surface area contributed by atoms with E-state index in [4.69, 9.17) is 11.6 Å². The fourth-order valence-corrected chi connectivity index (χ4v) is 4.31. The third-order valence-electron chi connectivity index (χ3n) is 5.69. The number of halogens is 1. The van der Waals surface area contributed by atoms with Crippen LogP contribution in [0.4, 0.5) is 4.79 Å². The summed E-state index contributed by atoms with van der Waals surface area (Å²) in [6, 6.07) is 26.8. The van der Waals surface area contributed by atoms with Crippen LogP contribution in [0, 0.1) is 0 Å². The lowest BCUT2D eigenvalue weighted by Crippen LogP contribution is -2.51. The average Bonchev–Trinajstić information content (AvgIpc) is 3.00. The SMILES string of the molecule is CN(Cc1ccc(Cl)cc1)CN1C(=O)NC(Cc2ccccc2)(Cc2ccccc2)C1=O. The van der Waals surface area contributed by atoms with Crippen molar-refractivity contribution in [3.8, 4) is 0 Å². The first-order valence-electron chi connectivity index (χ1n) is 10.6. The van der Waals surface area contributed by atoms with Gasteiger partial charge < -0.3 is 5.32 Å². The molecule has 1 heterocycles. The van der Waals surface area contributed by atoms with Gasteiger partial charge in [-0.1, -0.05) is 84.4 Å². The lowest BCUT2D eigenvalue weighted by molar-refractivity contribution is -0.132. The molecule has 0 bridgehead atoms. The van der Waals surface area contributed by atoms with E-state index in [0.717, 1.165) is 16.7 Å². The number of amides is 3. The van der Waals surface area contributed by atoms with Gasteiger partial charge in [0.1, 0.15) is 5.54 Å². The first-order valence-corrected chi connectivity index (χ1v) is 11.0. The van der Waals surface area contributed by atoms with Gasteiger partial charge in [0.2, 0.25) is 0 Å². The Hall–Kier alpha value is -3.15. The topological polar surface area (TPSA) is 52.6 Å². The van der Waals surface area contributed by atoms with Crippen molar-refractivity contribution in [3.05, 3.63) is 107 Å². The number of rotatable bonds is 8. The van der Waals surface area contributed by atoms with E-state index in [0.29, 0.717) is 24.4 Å². The summed E-state index contributed by atoms with van der Waals surface area (Å²) in [6.45, 7) is 0.803. The third kappa shape index (κ3) is 5.01. The molecule has 32 heavy (non-hydrogen) atoms. The summed E-state index contributed by atoms with van der Waals surface area (Å²) in [7, 11) is 1.89. The predicted octanol–water partition coefficient (Wildman–Crippen LogP) is 4.51. The molecule has 1 N–H and O–H groups in total. The van der Waals surface area contributed by atoms with Gasteiger partial charge in [0.25, 0.3) is 5.91 Å². The van der Waals surface area contributed by atoms with Crippen LogP contribution in [0.1, 0.15) is 16.7 Å². The smallest absolute Gasteiger partial charge is 0.322 e. The number of nitrogens with one attached hydrogen (secondary N) is 1. The second-order valence-electron chi connectivity index (χ2n) is 8.35. The van der Waals surface area contributed by atoms with Crippen LogP contribution in [0.2, 0.25) is 5.02 Å². The highest BCUT2D eigenvalue weighted by molar-refractivity contribution is 6.30. The zero-order chi connectivity index (χ0) is 22.6. The molecule has 1 fully saturated rings. The van der Waals surface area contributed by atoms with Crippen LogP contribution in [-0.4, -0.2) is 41.0 Å². The highest BCUT2D eigenvalue weighted by Gasteiger charge is 2.51. The third-order valence-corrected chi connectivity index (χ3v) is 5.94. The molecule has 3 amide bonds. The molecule has 0 saturated carbocycles. The van der Waals surface area contributed by atoms with E-state index in [9.17, 15) is 9.59 Å². The Labute approximate surface area is 193 Å². The maximum atomic E-state index is 13.7. The van der Waals surface area contributed by atoms with Crippen molar-refractivity contribution in [2.24, 2.45) is 0 Å². The van der Waals surface area contributed by atoms with E-state index in [1.807, 2.05) is 96.9 Å². The van der Waals surface area contributed by atoms with Crippen molar-refractivity contribution in [2.45, 2.75) is 24.9 Å². The van der Waals surface area contributed by atoms with E-state index < -0.39 is 5.54 Å². The summed E-state index contributed by atoms with van der Waals surface area (Å²) < 4.78 is 0. The molecule has 3 aromatic carbocycles. The number of hydrogen-bond acceptors (Lipinski definition) is 3. The summed E-state index contributed by atoms with van der Waals surface area (Å²) in [6.07, 6.45) is 0.870. The summed E-state index contributed by atoms with van der Waals surface area (Å²) in [4.78, 5) is 29.9. The minimum atomic E-state index is -1.01. The van der Waals surface area contributed by atoms with Gasteiger partial charge in [0, 0.05) is 24.4 Å². The van der Waals surface area contributed by atoms with Gasteiger partial charge >= 0.3 is 6.03 Å². The fourth-order valence-electron chi connectivity index (χ4n) is 4.19. The Bertz CT molecular complexity index is 1030. The van der Waals surface area contributed by atoms with Crippen LogP contribution in [0.3, 0.4) is 0 Å². The van der Waals surface area contributed by atoms with Crippen molar-refractivity contribution < 1.29 is 9.59 Å². The number of urea groups is 1. The van der Waals surface area contributed by atoms with Crippen molar-refractivity contribution in [1.82, 2.24) is 15.1 Å². The number of carbonyl (C=O) groups is 2. The van der Waals surface area contributed by atoms with E-state index in [-0.39, 0.29) is 18.6 Å². The zero-order valence-corrected chi connectivity index (χ0v) is 18.8. The van der Waals surface area contributed by atoms with Gasteiger partial charge in [-0.15, -0.1) is 0 Å². The molecule has 4 rings (SSSR count). The Kier molecular flexibility index (Phi) is 6.58. The zero-order valence-electron chi connectivity index (χ0n) is 18.0. The van der Waals surface area contributed by atoms with Gasteiger partial charge in [0.15, 0.2) is 0 Å². The normalized spacial score (nSPS) is 15.3. The van der Waals surface area contributed by atoms with E-state index in [1.54, 1.807) is 0 Å². The van der Waals surface area contributed by atoms with Gasteiger partial charge in [-0.2, -0.15) is 0 Å². The molecule has 1 aliphatic heterocycles. The second-order valence-corrected chi connectivity index (χ2v) is 8.79. The van der Waals surface area contributed by atoms with E-state index >= 15 is 0 Å². The van der Waals surface area contributed by atoms with Crippen molar-refractivity contribution in [1.29, 1.82) is 0 Å². The quantitative estimate of drug-likeness (QED) is 0.517. The molecule has 0 aromatic heterocycles. The maximum Gasteiger partial charge on any atom is 0.326 e. The van der Waals surface area contributed by atoms with Gasteiger partial charge in [-0.3, -0.25) is 9.69 Å². The largest absolute Gasteiger partial charge is 0.326 e. The Morgan fingerprint density at radius 1 is 0.812 bits per heavy atom. The van der Waals surface area contributed by atoms with Gasteiger partial charge in [0.05, 0.1) is 6.67 Å². The van der Waals surface area contributed by atoms with Crippen LogP contribution >= 0.6 is 11.6 Å². The van der Waals surface area contributed by atoms with Crippen molar-refractivity contribution in [2.75, 3.05) is 13.7 Å². The number of benzene rings is 3. The molecule has 0 atom stereocenters. The van der Waals surface area contributed by atoms with Crippen LogP contribution in [-0.2, 0) is 24.2 Å². The first kappa shape index (κ1) is 22.1. The molecule has 3 aromatic rings. The lowest BCUT2D eigenvalue weighted by atomic mass is 9.84. The first-order chi connectivity index (χ1) is 15.4. The molecule has 164 valence electrons. The van der Waals surface area contributed by atoms with Gasteiger partial charge in [-0.05, 0) is 35.9 Å². The van der Waals surface area contributed by atoms with Crippen molar-refractivity contribution in [3.63, 3.8) is 0 Å². The van der Waals surface area contributed by atoms with Crippen molar-refractivity contribution >= 4 is 23.5 Å². The van der Waals surface area contributed by atoms with Gasteiger partial charge in [-0.25, -0.2) is 9.69 Å². The molecular weight excluding hydrogens is 422 g/mol. The maximum absolute atomic E-state index is 13.7. The molecule has 1 saturated heterocycles. The highest BCUT2D eigenvalue weighted by Crippen LogP contribution is 2.27. The summed E-state index contributed by atoms with van der Waals surface area (Å²) in [5.41, 5.74) is 2.06. The molecule has 0 unspecified atom stereocenters. The number of hydrogen-bond donors (Lipinski definition) is 1. The fraction of sp³-hybridized carbons (Fsp3) is 0.231. The van der Waals surface area contributed by atoms with Crippen LogP contribution < -0.4 is 5.32 Å². The summed E-state index contributed by atoms with van der Waals surface area (Å²) in [5, 5.41) is 3.71. The van der Waals surface area contributed by atoms with Crippen LogP contribution in [0.5, 0.6) is 0 Å². The van der Waals surface area contributed by atoms with Crippen LogP contribution in [0.25, 0.3) is 0 Å². The molecule has 0 aliphatic carbocycles. The Balaban J connectivity index is 1.55. The minimum absolute atomic E-state index is 0.196. The number of carbonyl (C=O) groups excluding carboxylic acids is 2. The number of nitrogens with zero attached hydrogens (tertiary/aromatic N) is 2. The standard InChI is InChI=1S/C26H26ClN3O2/c1-29(18-22-12-14-23(27)15-13-22)19-30-24(31)26(28-25(30)32,16-20-8-4-2-5-9-20)17-21-10-6-3-7-11-21/h2-15H,16-19H2,1H3,(H,28,32). The molecule has 1 aliphatic rings. The molecule has 6 heteroatoms. The second kappa shape index (κ2) is 9.55. The number of imide groups is 1. The molecule has 0 spiro atoms. The Morgan fingerprint density at radius 2 is 1.34 bits per heavy atom. The monoisotopic (exact) mass is 447 g/mol. The van der Waals surface area contributed by atoms with E-state index in [1.165, 1.54) is 4.90 Å². The van der Waals surface area contributed by atoms with E-state index in [2.05, 4.69) is 5.32 Å². The molecular formula is C26H26ClN3O2. The highest BCUT2D eigenvalue weighted by atomic mass is 35.5. The Morgan fingerprint density at radius 3 is 1.88 bits per heavy atom.